The van der Waals surface area contributed by atoms with E-state index in [1.165, 1.54) is 17.2 Å². The zero-order chi connectivity index (χ0) is 22.0. The topological polar surface area (TPSA) is 91.7 Å². The molecule has 164 valence electrons. The second-order valence-electron chi connectivity index (χ2n) is 8.13. The Bertz CT molecular complexity index is 1130. The lowest BCUT2D eigenvalue weighted by molar-refractivity contribution is -0.120. The molecule has 3 aromatic rings. The number of aromatic nitrogens is 3. The first kappa shape index (κ1) is 21.3. The van der Waals surface area contributed by atoms with Gasteiger partial charge in [-0.25, -0.2) is 9.50 Å². The third-order valence-electron chi connectivity index (χ3n) is 5.98. The average Bonchev–Trinajstić information content (AvgIpc) is 3.13. The number of aromatic amines is 1. The maximum absolute atomic E-state index is 12.9. The molecule has 8 heteroatoms. The molecular weight excluding hydrogens is 394 g/mol. The first-order valence-corrected chi connectivity index (χ1v) is 10.7. The molecule has 1 fully saturated rings. The molecule has 3 heterocycles. The fourth-order valence-corrected chi connectivity index (χ4v) is 4.18. The van der Waals surface area contributed by atoms with Gasteiger partial charge in [-0.2, -0.15) is 0 Å². The quantitative estimate of drug-likeness (QED) is 0.630. The van der Waals surface area contributed by atoms with Crippen LogP contribution in [0.5, 0.6) is 0 Å². The highest BCUT2D eigenvalue weighted by atomic mass is 16.5. The Balaban J connectivity index is 1.49. The lowest BCUT2D eigenvalue weighted by Gasteiger charge is -2.35. The van der Waals surface area contributed by atoms with E-state index < -0.39 is 0 Å². The third kappa shape index (κ3) is 4.70. The van der Waals surface area contributed by atoms with E-state index in [9.17, 15) is 9.59 Å². The Morgan fingerprint density at radius 3 is 2.61 bits per heavy atom. The minimum absolute atomic E-state index is 0.0628. The van der Waals surface area contributed by atoms with Gasteiger partial charge in [0.1, 0.15) is 0 Å². The van der Waals surface area contributed by atoms with E-state index in [4.69, 9.17) is 4.74 Å². The summed E-state index contributed by atoms with van der Waals surface area (Å²) < 4.78 is 7.15. The van der Waals surface area contributed by atoms with Crippen LogP contribution in [0.1, 0.15) is 34.1 Å². The second-order valence-corrected chi connectivity index (χ2v) is 8.13. The molecule has 4 rings (SSSR count). The standard InChI is InChI=1S/C23H29N5O3/c1-15-4-6-18(7-5-15)20(27-8-10-31-11-9-27)14-24-22(29)12-19-16(2)25-21-13-23(30)26-28(21)17(19)3/h4-7,13,20H,8-12,14H2,1-3H3,(H,24,29)(H,26,30). The summed E-state index contributed by atoms with van der Waals surface area (Å²) in [6, 6.07) is 10.0. The van der Waals surface area contributed by atoms with Crippen molar-refractivity contribution in [2.75, 3.05) is 32.8 Å². The van der Waals surface area contributed by atoms with Crippen LogP contribution in [0.25, 0.3) is 5.65 Å². The molecular formula is C23H29N5O3. The van der Waals surface area contributed by atoms with Gasteiger partial charge in [-0.3, -0.25) is 19.6 Å². The van der Waals surface area contributed by atoms with Crippen molar-refractivity contribution >= 4 is 11.6 Å². The number of aryl methyl sites for hydroxylation is 3. The van der Waals surface area contributed by atoms with Gasteiger partial charge in [0.15, 0.2) is 5.65 Å². The van der Waals surface area contributed by atoms with Crippen LogP contribution in [0.4, 0.5) is 0 Å². The van der Waals surface area contributed by atoms with Gasteiger partial charge in [-0.1, -0.05) is 29.8 Å². The highest BCUT2D eigenvalue weighted by molar-refractivity contribution is 5.79. The van der Waals surface area contributed by atoms with Crippen molar-refractivity contribution < 1.29 is 9.53 Å². The number of rotatable bonds is 6. The lowest BCUT2D eigenvalue weighted by Crippen LogP contribution is -2.44. The van der Waals surface area contributed by atoms with Gasteiger partial charge >= 0.3 is 0 Å². The van der Waals surface area contributed by atoms with Crippen LogP contribution in [0.3, 0.4) is 0 Å². The number of carbonyl (C=O) groups excluding carboxylic acids is 1. The summed E-state index contributed by atoms with van der Waals surface area (Å²) in [6.07, 6.45) is 0.213. The molecule has 1 unspecified atom stereocenters. The zero-order valence-corrected chi connectivity index (χ0v) is 18.3. The number of benzene rings is 1. The maximum Gasteiger partial charge on any atom is 0.266 e. The van der Waals surface area contributed by atoms with E-state index in [2.05, 4.69) is 51.5 Å². The molecule has 2 aromatic heterocycles. The molecule has 1 aliphatic rings. The fourth-order valence-electron chi connectivity index (χ4n) is 4.18. The first-order chi connectivity index (χ1) is 14.9. The highest BCUT2D eigenvalue weighted by Gasteiger charge is 2.23. The molecule has 0 bridgehead atoms. The Hall–Kier alpha value is -2.97. The maximum atomic E-state index is 12.9. The van der Waals surface area contributed by atoms with Gasteiger partial charge in [0, 0.05) is 42.7 Å². The second kappa shape index (κ2) is 9.03. The molecule has 1 aliphatic heterocycles. The van der Waals surface area contributed by atoms with Crippen LogP contribution in [0.15, 0.2) is 35.1 Å². The SMILES string of the molecule is Cc1ccc(C(CNC(=O)Cc2c(C)nc3cc(=O)[nH]n3c2C)N2CCOCC2)cc1. The predicted octanol–water partition coefficient (Wildman–Crippen LogP) is 1.68. The number of nitrogens with one attached hydrogen (secondary N) is 2. The normalized spacial score (nSPS) is 15.8. The molecule has 1 amide bonds. The number of ether oxygens (including phenoxy) is 1. The van der Waals surface area contributed by atoms with Crippen molar-refractivity contribution in [1.82, 2.24) is 24.8 Å². The van der Waals surface area contributed by atoms with E-state index in [0.29, 0.717) is 25.4 Å². The van der Waals surface area contributed by atoms with Crippen LogP contribution in [-0.2, 0) is 16.0 Å². The number of H-pyrrole nitrogens is 1. The summed E-state index contributed by atoms with van der Waals surface area (Å²) in [5.41, 5.74) is 5.17. The summed E-state index contributed by atoms with van der Waals surface area (Å²) in [5.74, 6) is -0.0628. The molecule has 0 radical (unpaired) electrons. The van der Waals surface area contributed by atoms with Crippen molar-refractivity contribution in [3.05, 3.63) is 68.8 Å². The van der Waals surface area contributed by atoms with Gasteiger partial charge in [0.25, 0.3) is 5.56 Å². The number of carbonyl (C=O) groups is 1. The van der Waals surface area contributed by atoms with Crippen LogP contribution < -0.4 is 10.9 Å². The first-order valence-electron chi connectivity index (χ1n) is 10.7. The van der Waals surface area contributed by atoms with Crippen LogP contribution >= 0.6 is 0 Å². The molecule has 8 nitrogen and oxygen atoms in total. The third-order valence-corrected chi connectivity index (χ3v) is 5.98. The number of nitrogens with zero attached hydrogens (tertiary/aromatic N) is 3. The van der Waals surface area contributed by atoms with Gasteiger partial charge < -0.3 is 10.1 Å². The largest absolute Gasteiger partial charge is 0.379 e. The molecule has 0 aliphatic carbocycles. The zero-order valence-electron chi connectivity index (χ0n) is 18.3. The Labute approximate surface area is 181 Å². The number of fused-ring (bicyclic) bond motifs is 1. The van der Waals surface area contributed by atoms with Crippen molar-refractivity contribution in [1.29, 1.82) is 0 Å². The molecule has 0 spiro atoms. The molecule has 2 N–H and O–H groups in total. The van der Waals surface area contributed by atoms with E-state index >= 15 is 0 Å². The fraction of sp³-hybridized carbons (Fsp3) is 0.435. The van der Waals surface area contributed by atoms with Gasteiger partial charge in [-0.15, -0.1) is 0 Å². The van der Waals surface area contributed by atoms with E-state index in [1.54, 1.807) is 4.52 Å². The summed E-state index contributed by atoms with van der Waals surface area (Å²) in [6.45, 7) is 9.45. The van der Waals surface area contributed by atoms with Crippen molar-refractivity contribution in [2.24, 2.45) is 0 Å². The smallest absolute Gasteiger partial charge is 0.266 e. The van der Waals surface area contributed by atoms with Crippen molar-refractivity contribution in [3.63, 3.8) is 0 Å². The van der Waals surface area contributed by atoms with E-state index in [1.807, 2.05) is 13.8 Å². The summed E-state index contributed by atoms with van der Waals surface area (Å²) in [4.78, 5) is 31.4. The monoisotopic (exact) mass is 423 g/mol. The molecule has 1 atom stereocenters. The summed E-state index contributed by atoms with van der Waals surface area (Å²) in [5, 5.41) is 5.85. The number of hydrogen-bond acceptors (Lipinski definition) is 5. The van der Waals surface area contributed by atoms with Crippen molar-refractivity contribution in [3.8, 4) is 0 Å². The van der Waals surface area contributed by atoms with E-state index in [0.717, 1.165) is 30.0 Å². The number of morpholine rings is 1. The van der Waals surface area contributed by atoms with Crippen molar-refractivity contribution in [2.45, 2.75) is 33.2 Å². The van der Waals surface area contributed by atoms with Gasteiger partial charge in [0.05, 0.1) is 25.7 Å². The minimum atomic E-state index is -0.206. The van der Waals surface area contributed by atoms with Gasteiger partial charge in [-0.05, 0) is 26.3 Å². The Morgan fingerprint density at radius 2 is 1.90 bits per heavy atom. The van der Waals surface area contributed by atoms with Crippen LogP contribution in [0, 0.1) is 20.8 Å². The lowest BCUT2D eigenvalue weighted by atomic mass is 10.0. The summed E-state index contributed by atoms with van der Waals surface area (Å²) >= 11 is 0. The predicted molar refractivity (Wildman–Crippen MR) is 118 cm³/mol. The Kier molecular flexibility index (Phi) is 6.20. The molecule has 1 saturated heterocycles. The van der Waals surface area contributed by atoms with Crippen LogP contribution in [-0.4, -0.2) is 58.3 Å². The highest BCUT2D eigenvalue weighted by Crippen LogP contribution is 2.22. The number of amides is 1. The molecule has 1 aromatic carbocycles. The molecule has 31 heavy (non-hydrogen) atoms. The minimum Gasteiger partial charge on any atom is -0.379 e. The van der Waals surface area contributed by atoms with Gasteiger partial charge in [0.2, 0.25) is 5.91 Å². The Morgan fingerprint density at radius 1 is 1.19 bits per heavy atom. The van der Waals surface area contributed by atoms with Crippen LogP contribution in [0.2, 0.25) is 0 Å². The number of hydrogen-bond donors (Lipinski definition) is 2. The molecule has 0 saturated carbocycles. The van der Waals surface area contributed by atoms with E-state index in [-0.39, 0.29) is 23.9 Å². The summed E-state index contributed by atoms with van der Waals surface area (Å²) in [7, 11) is 0. The average molecular weight is 424 g/mol.